The molecule has 2 amide bonds. The summed E-state index contributed by atoms with van der Waals surface area (Å²) in [5, 5.41) is 2.90. The van der Waals surface area contributed by atoms with E-state index >= 15 is 0 Å². The normalized spacial score (nSPS) is 13.0. The highest BCUT2D eigenvalue weighted by atomic mass is 16.2. The topological polar surface area (TPSA) is 52.7 Å². The van der Waals surface area contributed by atoms with E-state index < -0.39 is 0 Å². The van der Waals surface area contributed by atoms with Gasteiger partial charge in [-0.05, 0) is 62.1 Å². The second kappa shape index (κ2) is 8.91. The van der Waals surface area contributed by atoms with Crippen LogP contribution in [0, 0.1) is 6.92 Å². The van der Waals surface area contributed by atoms with Crippen molar-refractivity contribution in [3.8, 4) is 0 Å². The molecule has 0 spiro atoms. The minimum Gasteiger partial charge on any atom is -0.372 e. The molecule has 28 heavy (non-hydrogen) atoms. The molecule has 0 aliphatic carbocycles. The van der Waals surface area contributed by atoms with Crippen LogP contribution in [0.2, 0.25) is 0 Å². The Labute approximate surface area is 167 Å². The van der Waals surface area contributed by atoms with Gasteiger partial charge in [-0.2, -0.15) is 0 Å². The van der Waals surface area contributed by atoms with Crippen LogP contribution in [-0.2, 0) is 22.6 Å². The van der Waals surface area contributed by atoms with Crippen molar-refractivity contribution < 1.29 is 9.59 Å². The Bertz CT molecular complexity index is 859. The summed E-state index contributed by atoms with van der Waals surface area (Å²) < 4.78 is 0. The van der Waals surface area contributed by atoms with Gasteiger partial charge in [-0.3, -0.25) is 9.59 Å². The van der Waals surface area contributed by atoms with Crippen molar-refractivity contribution in [1.82, 2.24) is 4.90 Å². The van der Waals surface area contributed by atoms with E-state index in [9.17, 15) is 9.59 Å². The Morgan fingerprint density at radius 3 is 2.46 bits per heavy atom. The highest BCUT2D eigenvalue weighted by molar-refractivity contribution is 6.04. The first-order valence-corrected chi connectivity index (χ1v) is 10.0. The number of amides is 2. The van der Waals surface area contributed by atoms with Gasteiger partial charge in [0.2, 0.25) is 11.8 Å². The largest absolute Gasteiger partial charge is 0.372 e. The van der Waals surface area contributed by atoms with Gasteiger partial charge in [-0.25, -0.2) is 0 Å². The number of aryl methyl sites for hydroxylation is 1. The van der Waals surface area contributed by atoms with E-state index in [4.69, 9.17) is 0 Å². The first-order valence-electron chi connectivity index (χ1n) is 10.0. The second-order valence-corrected chi connectivity index (χ2v) is 7.23. The van der Waals surface area contributed by atoms with Crippen molar-refractivity contribution in [3.63, 3.8) is 0 Å². The molecule has 5 nitrogen and oxygen atoms in total. The molecular formula is C23H29N3O2. The fourth-order valence-corrected chi connectivity index (χ4v) is 3.73. The lowest BCUT2D eigenvalue weighted by Crippen LogP contribution is -2.37. The van der Waals surface area contributed by atoms with Crippen LogP contribution in [0.3, 0.4) is 0 Å². The third-order valence-electron chi connectivity index (χ3n) is 5.41. The molecule has 1 N–H and O–H groups in total. The summed E-state index contributed by atoms with van der Waals surface area (Å²) in [5.74, 6) is -0.382. The summed E-state index contributed by atoms with van der Waals surface area (Å²) in [4.78, 5) is 29.0. The predicted octanol–water partition coefficient (Wildman–Crippen LogP) is 3.75. The van der Waals surface area contributed by atoms with Crippen LogP contribution in [-0.4, -0.2) is 36.3 Å². The van der Waals surface area contributed by atoms with Crippen molar-refractivity contribution in [2.45, 2.75) is 40.2 Å². The number of hydrogen-bond acceptors (Lipinski definition) is 3. The summed E-state index contributed by atoms with van der Waals surface area (Å²) in [7, 11) is 0. The lowest BCUT2D eigenvalue weighted by molar-refractivity contribution is -0.135. The predicted molar refractivity (Wildman–Crippen MR) is 114 cm³/mol. The molecule has 0 aromatic heterocycles. The number of rotatable bonds is 6. The van der Waals surface area contributed by atoms with Crippen LogP contribution in [0.25, 0.3) is 0 Å². The van der Waals surface area contributed by atoms with Gasteiger partial charge in [0.25, 0.3) is 0 Å². The SMILES string of the molecule is CCN(CC)c1ccc(NC(=O)CC(=O)N2CCc3ccccc3C2)c(C)c1. The van der Waals surface area contributed by atoms with E-state index in [-0.39, 0.29) is 18.2 Å². The number of nitrogens with zero attached hydrogens (tertiary/aromatic N) is 2. The van der Waals surface area contributed by atoms with E-state index in [2.05, 4.69) is 42.3 Å². The smallest absolute Gasteiger partial charge is 0.233 e. The van der Waals surface area contributed by atoms with Gasteiger partial charge in [0, 0.05) is 37.6 Å². The first-order chi connectivity index (χ1) is 13.5. The molecule has 0 saturated heterocycles. The zero-order chi connectivity index (χ0) is 20.1. The standard InChI is InChI=1S/C23H29N3O2/c1-4-25(5-2)20-10-11-21(17(3)14-20)24-22(27)15-23(28)26-13-12-18-8-6-7-9-19(18)16-26/h6-11,14H,4-5,12-13,15-16H2,1-3H3,(H,24,27). The molecule has 148 valence electrons. The molecule has 1 aliphatic heterocycles. The average Bonchev–Trinajstić information content (AvgIpc) is 2.70. The molecule has 1 heterocycles. The van der Waals surface area contributed by atoms with Crippen molar-refractivity contribution in [2.75, 3.05) is 29.9 Å². The fourth-order valence-electron chi connectivity index (χ4n) is 3.73. The number of hydrogen-bond donors (Lipinski definition) is 1. The van der Waals surface area contributed by atoms with Crippen molar-refractivity contribution >= 4 is 23.2 Å². The number of carbonyl (C=O) groups excluding carboxylic acids is 2. The molecule has 0 atom stereocenters. The maximum Gasteiger partial charge on any atom is 0.233 e. The minimum absolute atomic E-state index is 0.121. The molecule has 0 radical (unpaired) electrons. The molecule has 2 aromatic rings. The Balaban J connectivity index is 1.59. The average molecular weight is 380 g/mol. The molecule has 2 aromatic carbocycles. The summed E-state index contributed by atoms with van der Waals surface area (Å²) >= 11 is 0. The van der Waals surface area contributed by atoms with Gasteiger partial charge in [0.1, 0.15) is 6.42 Å². The Morgan fingerprint density at radius 2 is 1.79 bits per heavy atom. The monoisotopic (exact) mass is 379 g/mol. The van der Waals surface area contributed by atoms with Crippen LogP contribution >= 0.6 is 0 Å². The summed E-state index contributed by atoms with van der Waals surface area (Å²) in [6, 6.07) is 14.2. The minimum atomic E-state index is -0.262. The molecule has 5 heteroatoms. The van der Waals surface area contributed by atoms with Crippen LogP contribution < -0.4 is 10.2 Å². The molecule has 0 bridgehead atoms. The molecule has 3 rings (SSSR count). The Kier molecular flexibility index (Phi) is 6.34. The zero-order valence-electron chi connectivity index (χ0n) is 17.0. The number of anilines is 2. The van der Waals surface area contributed by atoms with Gasteiger partial charge >= 0.3 is 0 Å². The van der Waals surface area contributed by atoms with Gasteiger partial charge in [-0.15, -0.1) is 0 Å². The quantitative estimate of drug-likeness (QED) is 0.778. The van der Waals surface area contributed by atoms with Crippen molar-refractivity contribution in [1.29, 1.82) is 0 Å². The molecular weight excluding hydrogens is 350 g/mol. The highest BCUT2D eigenvalue weighted by Crippen LogP contribution is 2.23. The molecule has 0 saturated carbocycles. The Morgan fingerprint density at radius 1 is 1.07 bits per heavy atom. The lowest BCUT2D eigenvalue weighted by Gasteiger charge is -2.28. The summed E-state index contributed by atoms with van der Waals surface area (Å²) in [6.07, 6.45) is 0.717. The fraction of sp³-hybridized carbons (Fsp3) is 0.391. The van der Waals surface area contributed by atoms with E-state index in [1.54, 1.807) is 4.90 Å². The lowest BCUT2D eigenvalue weighted by atomic mass is 10.00. The molecule has 0 fully saturated rings. The van der Waals surface area contributed by atoms with Crippen LogP contribution in [0.5, 0.6) is 0 Å². The van der Waals surface area contributed by atoms with E-state index in [1.165, 1.54) is 11.1 Å². The summed E-state index contributed by atoms with van der Waals surface area (Å²) in [5.41, 5.74) is 5.36. The summed E-state index contributed by atoms with van der Waals surface area (Å²) in [6.45, 7) is 9.36. The number of fused-ring (bicyclic) bond motifs is 1. The third-order valence-corrected chi connectivity index (χ3v) is 5.41. The van der Waals surface area contributed by atoms with Gasteiger partial charge in [0.05, 0.1) is 0 Å². The molecule has 1 aliphatic rings. The van der Waals surface area contributed by atoms with Crippen LogP contribution in [0.4, 0.5) is 11.4 Å². The van der Waals surface area contributed by atoms with Crippen LogP contribution in [0.1, 0.15) is 37.0 Å². The van der Waals surface area contributed by atoms with Crippen molar-refractivity contribution in [2.24, 2.45) is 0 Å². The highest BCUT2D eigenvalue weighted by Gasteiger charge is 2.22. The van der Waals surface area contributed by atoms with E-state index in [0.29, 0.717) is 13.1 Å². The zero-order valence-corrected chi connectivity index (χ0v) is 17.0. The first kappa shape index (κ1) is 19.9. The number of carbonyl (C=O) groups is 2. The van der Waals surface area contributed by atoms with Gasteiger partial charge in [0.15, 0.2) is 0 Å². The third kappa shape index (κ3) is 4.53. The van der Waals surface area contributed by atoms with Gasteiger partial charge in [-0.1, -0.05) is 24.3 Å². The second-order valence-electron chi connectivity index (χ2n) is 7.23. The maximum absolute atomic E-state index is 12.6. The van der Waals surface area contributed by atoms with E-state index in [1.807, 2.05) is 31.2 Å². The van der Waals surface area contributed by atoms with E-state index in [0.717, 1.165) is 36.4 Å². The maximum atomic E-state index is 12.6. The number of benzene rings is 2. The van der Waals surface area contributed by atoms with Gasteiger partial charge < -0.3 is 15.1 Å². The van der Waals surface area contributed by atoms with Crippen LogP contribution in [0.15, 0.2) is 42.5 Å². The van der Waals surface area contributed by atoms with Crippen molar-refractivity contribution in [3.05, 3.63) is 59.2 Å². The molecule has 0 unspecified atom stereocenters. The Hall–Kier alpha value is -2.82. The number of nitrogens with one attached hydrogen (secondary N) is 1.